The number of alkyl halides is 2. The van der Waals surface area contributed by atoms with Crippen molar-refractivity contribution in [2.45, 2.75) is 20.1 Å². The third kappa shape index (κ3) is 4.25. The number of rotatable bonds is 7. The van der Waals surface area contributed by atoms with Crippen molar-refractivity contribution in [3.8, 4) is 23.1 Å². The van der Waals surface area contributed by atoms with Crippen LogP contribution in [0.15, 0.2) is 55.1 Å². The number of ether oxygens (including phenoxy) is 2. The average Bonchev–Trinajstić information content (AvgIpc) is 3.05. The molecule has 0 saturated heterocycles. The normalized spacial score (nSPS) is 10.6. The molecular formula is C22H19F2N3O3. The molecule has 0 aliphatic carbocycles. The molecule has 6 nitrogen and oxygen atoms in total. The molecule has 3 rings (SSSR count). The molecule has 0 bridgehead atoms. The summed E-state index contributed by atoms with van der Waals surface area (Å²) in [4.78, 5) is 11.7. The van der Waals surface area contributed by atoms with Crippen LogP contribution in [-0.2, 0) is 11.3 Å². The molecule has 0 radical (unpaired) electrons. The molecular weight excluding hydrogens is 392 g/mol. The van der Waals surface area contributed by atoms with Crippen molar-refractivity contribution in [3.63, 3.8) is 0 Å². The quantitative estimate of drug-likeness (QED) is 0.518. The highest BCUT2D eigenvalue weighted by Gasteiger charge is 2.19. The minimum Gasteiger partial charge on any atom is -0.445 e. The first kappa shape index (κ1) is 20.9. The van der Waals surface area contributed by atoms with Gasteiger partial charge in [-0.1, -0.05) is 24.8 Å². The number of carbonyl (C=O) groups excluding carboxylic acids is 1. The summed E-state index contributed by atoms with van der Waals surface area (Å²) in [5.41, 5.74) is 2.98. The van der Waals surface area contributed by atoms with Crippen LogP contribution in [0.3, 0.4) is 0 Å². The van der Waals surface area contributed by atoms with Crippen molar-refractivity contribution in [3.05, 3.63) is 60.7 Å². The first-order valence-electron chi connectivity index (χ1n) is 9.14. The van der Waals surface area contributed by atoms with E-state index in [-0.39, 0.29) is 12.4 Å². The average molecular weight is 411 g/mol. The molecule has 3 aromatic rings. The standard InChI is InChI=1S/C22H19F2N3O3/c1-3-11-29-22(28)26-15-7-5-14(6-8-15)20-18(13-25)17-10-9-16(30-21(23)24)12-19(17)27(20)4-2/h3,5-10,12,21H,1,4,11H2,2H3,(H,26,28). The zero-order valence-electron chi connectivity index (χ0n) is 16.2. The van der Waals surface area contributed by atoms with Crippen LogP contribution >= 0.6 is 0 Å². The molecule has 154 valence electrons. The number of hydrogen-bond acceptors (Lipinski definition) is 4. The minimum atomic E-state index is -2.93. The molecule has 1 heterocycles. The molecule has 1 amide bonds. The third-order valence-electron chi connectivity index (χ3n) is 4.43. The van der Waals surface area contributed by atoms with Gasteiger partial charge < -0.3 is 14.0 Å². The molecule has 30 heavy (non-hydrogen) atoms. The maximum absolute atomic E-state index is 12.6. The number of fused-ring (bicyclic) bond motifs is 1. The molecule has 0 unspecified atom stereocenters. The summed E-state index contributed by atoms with van der Waals surface area (Å²) in [5, 5.41) is 13.0. The van der Waals surface area contributed by atoms with Crippen molar-refractivity contribution < 1.29 is 23.0 Å². The highest BCUT2D eigenvalue weighted by molar-refractivity contribution is 5.95. The number of hydrogen-bond donors (Lipinski definition) is 1. The topological polar surface area (TPSA) is 76.3 Å². The maximum atomic E-state index is 12.6. The fraction of sp³-hybridized carbons (Fsp3) is 0.182. The summed E-state index contributed by atoms with van der Waals surface area (Å²) in [6.45, 7) is 3.06. The van der Waals surface area contributed by atoms with Crippen molar-refractivity contribution in [1.29, 1.82) is 5.26 Å². The van der Waals surface area contributed by atoms with E-state index in [4.69, 9.17) is 4.74 Å². The summed E-state index contributed by atoms with van der Waals surface area (Å²) < 4.78 is 36.4. The van der Waals surface area contributed by atoms with Crippen LogP contribution in [0.25, 0.3) is 22.2 Å². The van der Waals surface area contributed by atoms with E-state index in [0.29, 0.717) is 34.4 Å². The second-order valence-corrected chi connectivity index (χ2v) is 6.23. The van der Waals surface area contributed by atoms with Gasteiger partial charge in [-0.05, 0) is 36.8 Å². The second kappa shape index (κ2) is 9.09. The fourth-order valence-corrected chi connectivity index (χ4v) is 3.25. The molecule has 2 aromatic carbocycles. The van der Waals surface area contributed by atoms with E-state index >= 15 is 0 Å². The Morgan fingerprint density at radius 3 is 2.63 bits per heavy atom. The lowest BCUT2D eigenvalue weighted by atomic mass is 10.1. The van der Waals surface area contributed by atoms with Crippen LogP contribution in [0, 0.1) is 11.3 Å². The molecule has 1 aromatic heterocycles. The number of nitrogens with one attached hydrogen (secondary N) is 1. The Morgan fingerprint density at radius 2 is 2.03 bits per heavy atom. The number of carbonyl (C=O) groups is 1. The second-order valence-electron chi connectivity index (χ2n) is 6.23. The van der Waals surface area contributed by atoms with Crippen LogP contribution in [0.4, 0.5) is 19.3 Å². The van der Waals surface area contributed by atoms with E-state index < -0.39 is 12.7 Å². The van der Waals surface area contributed by atoms with Crippen LogP contribution in [0.5, 0.6) is 5.75 Å². The van der Waals surface area contributed by atoms with Gasteiger partial charge in [0.1, 0.15) is 18.4 Å². The van der Waals surface area contributed by atoms with Gasteiger partial charge in [-0.2, -0.15) is 14.0 Å². The Morgan fingerprint density at radius 1 is 1.30 bits per heavy atom. The zero-order chi connectivity index (χ0) is 21.7. The predicted molar refractivity (Wildman–Crippen MR) is 110 cm³/mol. The fourth-order valence-electron chi connectivity index (χ4n) is 3.25. The Bertz CT molecular complexity index is 1120. The molecule has 1 N–H and O–H groups in total. The van der Waals surface area contributed by atoms with Crippen molar-refractivity contribution >= 4 is 22.7 Å². The monoisotopic (exact) mass is 411 g/mol. The zero-order valence-corrected chi connectivity index (χ0v) is 16.2. The summed E-state index contributed by atoms with van der Waals surface area (Å²) in [6.07, 6.45) is 0.863. The lowest BCUT2D eigenvalue weighted by molar-refractivity contribution is -0.0497. The van der Waals surface area contributed by atoms with Crippen molar-refractivity contribution in [2.24, 2.45) is 0 Å². The van der Waals surface area contributed by atoms with Gasteiger partial charge in [-0.15, -0.1) is 0 Å². The lowest BCUT2D eigenvalue weighted by Crippen LogP contribution is -2.13. The van der Waals surface area contributed by atoms with Gasteiger partial charge >= 0.3 is 12.7 Å². The highest BCUT2D eigenvalue weighted by Crippen LogP contribution is 2.36. The summed E-state index contributed by atoms with van der Waals surface area (Å²) in [5.74, 6) is 0.0262. The molecule has 0 aliphatic heterocycles. The van der Waals surface area contributed by atoms with Gasteiger partial charge in [-0.25, -0.2) is 4.79 Å². The van der Waals surface area contributed by atoms with E-state index in [1.165, 1.54) is 18.2 Å². The van der Waals surface area contributed by atoms with E-state index in [1.54, 1.807) is 30.3 Å². The van der Waals surface area contributed by atoms with Gasteiger partial charge in [0.2, 0.25) is 0 Å². The van der Waals surface area contributed by atoms with Gasteiger partial charge in [-0.3, -0.25) is 5.32 Å². The highest BCUT2D eigenvalue weighted by atomic mass is 19.3. The Balaban J connectivity index is 2.01. The number of aromatic nitrogens is 1. The van der Waals surface area contributed by atoms with Crippen molar-refractivity contribution in [1.82, 2.24) is 4.57 Å². The van der Waals surface area contributed by atoms with Crippen LogP contribution in [-0.4, -0.2) is 23.9 Å². The number of benzene rings is 2. The first-order valence-corrected chi connectivity index (χ1v) is 9.14. The van der Waals surface area contributed by atoms with Gasteiger partial charge in [0.15, 0.2) is 0 Å². The van der Waals surface area contributed by atoms with E-state index in [0.717, 1.165) is 5.56 Å². The van der Waals surface area contributed by atoms with Crippen LogP contribution in [0.1, 0.15) is 12.5 Å². The molecule has 0 aliphatic rings. The minimum absolute atomic E-state index is 0.0262. The largest absolute Gasteiger partial charge is 0.445 e. The van der Waals surface area contributed by atoms with E-state index in [9.17, 15) is 18.8 Å². The number of anilines is 1. The predicted octanol–water partition coefficient (Wildman–Crippen LogP) is 5.54. The number of nitriles is 1. The molecule has 0 spiro atoms. The Hall–Kier alpha value is -3.86. The van der Waals surface area contributed by atoms with Crippen molar-refractivity contribution in [2.75, 3.05) is 11.9 Å². The van der Waals surface area contributed by atoms with Gasteiger partial charge in [0.25, 0.3) is 0 Å². The first-order chi connectivity index (χ1) is 14.5. The lowest BCUT2D eigenvalue weighted by Gasteiger charge is -2.11. The van der Waals surface area contributed by atoms with Gasteiger partial charge in [0.05, 0.1) is 16.8 Å². The number of halogens is 2. The SMILES string of the molecule is C=CCOC(=O)Nc1ccc(-c2c(C#N)c3ccc(OC(F)F)cc3n2CC)cc1. The Labute approximate surface area is 171 Å². The molecule has 0 saturated carbocycles. The summed E-state index contributed by atoms with van der Waals surface area (Å²) in [7, 11) is 0. The molecule has 0 fully saturated rings. The number of amides is 1. The van der Waals surface area contributed by atoms with E-state index in [1.807, 2.05) is 11.5 Å². The molecule has 8 heteroatoms. The van der Waals surface area contributed by atoms with E-state index in [2.05, 4.69) is 22.7 Å². The smallest absolute Gasteiger partial charge is 0.411 e. The Kier molecular flexibility index (Phi) is 6.32. The summed E-state index contributed by atoms with van der Waals surface area (Å²) in [6, 6.07) is 13.6. The van der Waals surface area contributed by atoms with Gasteiger partial charge in [0, 0.05) is 23.7 Å². The number of nitrogens with zero attached hydrogens (tertiary/aromatic N) is 2. The number of aryl methyl sites for hydroxylation is 1. The summed E-state index contributed by atoms with van der Waals surface area (Å²) >= 11 is 0. The third-order valence-corrected chi connectivity index (χ3v) is 4.43. The maximum Gasteiger partial charge on any atom is 0.411 e. The van der Waals surface area contributed by atoms with Crippen LogP contribution < -0.4 is 10.1 Å². The molecule has 0 atom stereocenters. The van der Waals surface area contributed by atoms with Crippen LogP contribution in [0.2, 0.25) is 0 Å².